The molecule has 2 aromatic rings. The summed E-state index contributed by atoms with van der Waals surface area (Å²) in [4.78, 5) is 16.6. The molecule has 0 fully saturated rings. The van der Waals surface area contributed by atoms with Crippen molar-refractivity contribution >= 4 is 17.3 Å². The highest BCUT2D eigenvalue weighted by molar-refractivity contribution is 6.03. The van der Waals surface area contributed by atoms with Crippen molar-refractivity contribution in [2.24, 2.45) is 5.92 Å². The lowest BCUT2D eigenvalue weighted by Gasteiger charge is -2.11. The maximum Gasteiger partial charge on any atom is 0.274 e. The molecule has 0 saturated heterocycles. The largest absolute Gasteiger partial charge is 0.385 e. The normalized spacial score (nSPS) is 10.6. The molecule has 1 amide bonds. The quantitative estimate of drug-likeness (QED) is 0.799. The second-order valence-corrected chi connectivity index (χ2v) is 6.00. The number of nitrogens with one attached hydrogen (secondary N) is 2. The molecule has 23 heavy (non-hydrogen) atoms. The molecule has 0 saturated carbocycles. The molecule has 0 aliphatic carbocycles. The average Bonchev–Trinajstić information content (AvgIpc) is 2.55. The van der Waals surface area contributed by atoms with E-state index >= 15 is 0 Å². The lowest BCUT2D eigenvalue weighted by Crippen LogP contribution is -2.15. The van der Waals surface area contributed by atoms with E-state index in [0.29, 0.717) is 11.6 Å². The molecule has 1 heterocycles. The smallest absolute Gasteiger partial charge is 0.274 e. The van der Waals surface area contributed by atoms with Gasteiger partial charge in [0.2, 0.25) is 0 Å². The first-order valence-electron chi connectivity index (χ1n) is 8.19. The zero-order valence-corrected chi connectivity index (χ0v) is 14.1. The Morgan fingerprint density at radius 3 is 2.74 bits per heavy atom. The van der Waals surface area contributed by atoms with Gasteiger partial charge in [-0.1, -0.05) is 39.0 Å². The van der Waals surface area contributed by atoms with Crippen molar-refractivity contribution in [3.8, 4) is 0 Å². The predicted molar refractivity (Wildman–Crippen MR) is 96.0 cm³/mol. The van der Waals surface area contributed by atoms with Crippen LogP contribution in [0.4, 0.5) is 11.4 Å². The number of hydrogen-bond acceptors (Lipinski definition) is 3. The third-order valence-electron chi connectivity index (χ3n) is 3.69. The SMILES string of the molecule is CCc1ccccc1NC(=O)c1cc(NCCC(C)C)ccn1. The average molecular weight is 311 g/mol. The molecule has 4 nitrogen and oxygen atoms in total. The standard InChI is InChI=1S/C19H25N3O/c1-4-15-7-5-6-8-17(15)22-19(23)18-13-16(10-12-21-18)20-11-9-14(2)3/h5-8,10,12-14H,4,9,11H2,1-3H3,(H,20,21)(H,22,23). The summed E-state index contributed by atoms with van der Waals surface area (Å²) in [5, 5.41) is 6.29. The lowest BCUT2D eigenvalue weighted by molar-refractivity contribution is 0.102. The zero-order chi connectivity index (χ0) is 16.7. The van der Waals surface area contributed by atoms with Crippen molar-refractivity contribution in [3.05, 3.63) is 53.9 Å². The number of carbonyl (C=O) groups excluding carboxylic acids is 1. The van der Waals surface area contributed by atoms with Crippen LogP contribution in [0.15, 0.2) is 42.6 Å². The maximum atomic E-state index is 12.4. The summed E-state index contributed by atoms with van der Waals surface area (Å²) in [6, 6.07) is 11.5. The highest BCUT2D eigenvalue weighted by atomic mass is 16.1. The molecule has 0 spiro atoms. The Balaban J connectivity index is 2.04. The van der Waals surface area contributed by atoms with Gasteiger partial charge in [-0.25, -0.2) is 0 Å². The molecular formula is C19H25N3O. The minimum Gasteiger partial charge on any atom is -0.385 e. The van der Waals surface area contributed by atoms with Crippen LogP contribution in [0.3, 0.4) is 0 Å². The molecular weight excluding hydrogens is 286 g/mol. The first-order valence-corrected chi connectivity index (χ1v) is 8.19. The van der Waals surface area contributed by atoms with Crippen molar-refractivity contribution < 1.29 is 4.79 Å². The first kappa shape index (κ1) is 17.0. The van der Waals surface area contributed by atoms with E-state index in [2.05, 4.69) is 36.4 Å². The van der Waals surface area contributed by atoms with E-state index in [9.17, 15) is 4.79 Å². The van der Waals surface area contributed by atoms with Gasteiger partial charge in [-0.3, -0.25) is 9.78 Å². The monoisotopic (exact) mass is 311 g/mol. The van der Waals surface area contributed by atoms with Gasteiger partial charge in [0.05, 0.1) is 0 Å². The van der Waals surface area contributed by atoms with Gasteiger partial charge >= 0.3 is 0 Å². The van der Waals surface area contributed by atoms with Gasteiger partial charge in [0.25, 0.3) is 5.91 Å². The topological polar surface area (TPSA) is 54.0 Å². The molecule has 0 atom stereocenters. The molecule has 1 aromatic heterocycles. The van der Waals surface area contributed by atoms with Gasteiger partial charge in [0, 0.05) is 24.1 Å². The first-order chi connectivity index (χ1) is 11.1. The molecule has 4 heteroatoms. The van der Waals surface area contributed by atoms with E-state index in [1.807, 2.05) is 30.3 Å². The Hall–Kier alpha value is -2.36. The van der Waals surface area contributed by atoms with E-state index in [0.717, 1.165) is 36.3 Å². The summed E-state index contributed by atoms with van der Waals surface area (Å²) in [6.07, 6.45) is 3.63. The summed E-state index contributed by atoms with van der Waals surface area (Å²) < 4.78 is 0. The number of para-hydroxylation sites is 1. The van der Waals surface area contributed by atoms with Crippen LogP contribution in [0.25, 0.3) is 0 Å². The summed E-state index contributed by atoms with van der Waals surface area (Å²) >= 11 is 0. The van der Waals surface area contributed by atoms with E-state index in [1.165, 1.54) is 0 Å². The molecule has 0 unspecified atom stereocenters. The van der Waals surface area contributed by atoms with Crippen molar-refractivity contribution in [1.82, 2.24) is 4.98 Å². The number of aromatic nitrogens is 1. The van der Waals surface area contributed by atoms with Crippen LogP contribution >= 0.6 is 0 Å². The zero-order valence-electron chi connectivity index (χ0n) is 14.1. The number of benzene rings is 1. The molecule has 2 rings (SSSR count). The van der Waals surface area contributed by atoms with Crippen LogP contribution in [-0.4, -0.2) is 17.4 Å². The van der Waals surface area contributed by atoms with Gasteiger partial charge in [-0.2, -0.15) is 0 Å². The number of pyridine rings is 1. The van der Waals surface area contributed by atoms with Gasteiger partial charge in [-0.15, -0.1) is 0 Å². The van der Waals surface area contributed by atoms with E-state index in [1.54, 1.807) is 12.3 Å². The second kappa shape index (κ2) is 8.32. The van der Waals surface area contributed by atoms with Crippen molar-refractivity contribution in [2.75, 3.05) is 17.2 Å². The third-order valence-corrected chi connectivity index (χ3v) is 3.69. The van der Waals surface area contributed by atoms with Gasteiger partial charge < -0.3 is 10.6 Å². The molecule has 2 N–H and O–H groups in total. The highest BCUT2D eigenvalue weighted by Gasteiger charge is 2.10. The predicted octanol–water partition coefficient (Wildman–Crippen LogP) is 4.35. The van der Waals surface area contributed by atoms with Crippen LogP contribution in [0, 0.1) is 5.92 Å². The summed E-state index contributed by atoms with van der Waals surface area (Å²) in [5.74, 6) is 0.469. The van der Waals surface area contributed by atoms with Crippen LogP contribution in [0.1, 0.15) is 43.2 Å². The fourth-order valence-corrected chi connectivity index (χ4v) is 2.31. The Morgan fingerprint density at radius 1 is 1.22 bits per heavy atom. The highest BCUT2D eigenvalue weighted by Crippen LogP contribution is 2.17. The molecule has 0 aliphatic heterocycles. The van der Waals surface area contributed by atoms with Crippen LogP contribution < -0.4 is 10.6 Å². The molecule has 0 aliphatic rings. The molecule has 0 radical (unpaired) electrons. The van der Waals surface area contributed by atoms with E-state index in [4.69, 9.17) is 0 Å². The van der Waals surface area contributed by atoms with Crippen molar-refractivity contribution in [3.63, 3.8) is 0 Å². The fraction of sp³-hybridized carbons (Fsp3) is 0.368. The minimum absolute atomic E-state index is 0.182. The summed E-state index contributed by atoms with van der Waals surface area (Å²) in [6.45, 7) is 7.35. The summed E-state index contributed by atoms with van der Waals surface area (Å²) in [5.41, 5.74) is 3.31. The van der Waals surface area contributed by atoms with E-state index in [-0.39, 0.29) is 5.91 Å². The Labute approximate surface area is 138 Å². The second-order valence-electron chi connectivity index (χ2n) is 6.00. The number of amides is 1. The number of rotatable bonds is 7. The van der Waals surface area contributed by atoms with Gasteiger partial charge in [0.15, 0.2) is 0 Å². The number of hydrogen-bond donors (Lipinski definition) is 2. The third kappa shape index (κ3) is 5.09. The number of carbonyl (C=O) groups is 1. The van der Waals surface area contributed by atoms with Crippen LogP contribution in [0.5, 0.6) is 0 Å². The Bertz CT molecular complexity index is 653. The number of nitrogens with zero attached hydrogens (tertiary/aromatic N) is 1. The lowest BCUT2D eigenvalue weighted by atomic mass is 10.1. The molecule has 0 bridgehead atoms. The van der Waals surface area contributed by atoms with Crippen LogP contribution in [-0.2, 0) is 6.42 Å². The van der Waals surface area contributed by atoms with Crippen LogP contribution in [0.2, 0.25) is 0 Å². The Morgan fingerprint density at radius 2 is 2.00 bits per heavy atom. The Kier molecular flexibility index (Phi) is 6.15. The molecule has 122 valence electrons. The number of anilines is 2. The fourth-order valence-electron chi connectivity index (χ4n) is 2.31. The van der Waals surface area contributed by atoms with Gasteiger partial charge in [0.1, 0.15) is 5.69 Å². The molecule has 1 aromatic carbocycles. The summed E-state index contributed by atoms with van der Waals surface area (Å²) in [7, 11) is 0. The maximum absolute atomic E-state index is 12.4. The minimum atomic E-state index is -0.182. The number of aryl methyl sites for hydroxylation is 1. The van der Waals surface area contributed by atoms with E-state index < -0.39 is 0 Å². The van der Waals surface area contributed by atoms with Crippen molar-refractivity contribution in [2.45, 2.75) is 33.6 Å². The van der Waals surface area contributed by atoms with Crippen molar-refractivity contribution in [1.29, 1.82) is 0 Å². The van der Waals surface area contributed by atoms with Gasteiger partial charge in [-0.05, 0) is 42.5 Å².